The van der Waals surface area contributed by atoms with Crippen molar-refractivity contribution >= 4 is 21.4 Å². The van der Waals surface area contributed by atoms with Crippen molar-refractivity contribution in [3.63, 3.8) is 0 Å². The Morgan fingerprint density at radius 1 is 1.43 bits per heavy atom. The summed E-state index contributed by atoms with van der Waals surface area (Å²) >= 11 is 0. The molecule has 0 fully saturated rings. The molecule has 8 nitrogen and oxygen atoms in total. The van der Waals surface area contributed by atoms with Gasteiger partial charge in [-0.2, -0.15) is 0 Å². The van der Waals surface area contributed by atoms with Crippen LogP contribution >= 0.6 is 0 Å². The van der Waals surface area contributed by atoms with E-state index in [1.54, 1.807) is 0 Å². The lowest BCUT2D eigenvalue weighted by atomic mass is 10.2. The number of hydrogen-bond acceptors (Lipinski definition) is 6. The Kier molecular flexibility index (Phi) is 5.44. The molecule has 0 radical (unpaired) electrons. The van der Waals surface area contributed by atoms with Crippen molar-refractivity contribution in [2.24, 2.45) is 0 Å². The van der Waals surface area contributed by atoms with Crippen LogP contribution in [0, 0.1) is 15.9 Å². The number of nitro groups is 1. The molecule has 1 aromatic rings. The molecule has 10 heteroatoms. The molecule has 21 heavy (non-hydrogen) atoms. The van der Waals surface area contributed by atoms with Crippen molar-refractivity contribution in [2.45, 2.75) is 0 Å². The second-order valence-electron chi connectivity index (χ2n) is 4.29. The van der Waals surface area contributed by atoms with Crippen molar-refractivity contribution in [1.82, 2.24) is 4.31 Å². The summed E-state index contributed by atoms with van der Waals surface area (Å²) in [6, 6.07) is 1.84. The fourth-order valence-electron chi connectivity index (χ4n) is 1.48. The van der Waals surface area contributed by atoms with E-state index >= 15 is 0 Å². The molecule has 118 valence electrons. The van der Waals surface area contributed by atoms with Gasteiger partial charge in [0, 0.05) is 26.7 Å². The molecule has 0 saturated carbocycles. The average Bonchev–Trinajstić information content (AvgIpc) is 2.39. The molecule has 0 saturated heterocycles. The second-order valence-corrected chi connectivity index (χ2v) is 6.59. The number of nitrogens with one attached hydrogen (secondary N) is 1. The number of benzene rings is 1. The quantitative estimate of drug-likeness (QED) is 0.595. The van der Waals surface area contributed by atoms with Gasteiger partial charge < -0.3 is 10.1 Å². The van der Waals surface area contributed by atoms with Crippen LogP contribution in [0.4, 0.5) is 15.8 Å². The molecule has 1 N–H and O–H groups in total. The maximum Gasteiger partial charge on any atom is 0.313 e. The number of halogens is 1. The normalized spacial score (nSPS) is 11.5. The van der Waals surface area contributed by atoms with E-state index in [4.69, 9.17) is 4.74 Å². The lowest BCUT2D eigenvalue weighted by Gasteiger charge is -2.13. The van der Waals surface area contributed by atoms with Crippen LogP contribution in [0.2, 0.25) is 0 Å². The van der Waals surface area contributed by atoms with E-state index < -0.39 is 26.5 Å². The van der Waals surface area contributed by atoms with Crippen LogP contribution in [0.15, 0.2) is 12.1 Å². The van der Waals surface area contributed by atoms with Crippen molar-refractivity contribution < 1.29 is 22.5 Å². The Balaban J connectivity index is 2.88. The molecule has 1 aromatic carbocycles. The maximum atomic E-state index is 13.7. The summed E-state index contributed by atoms with van der Waals surface area (Å²) in [5.74, 6) is -1.21. The van der Waals surface area contributed by atoms with Crippen molar-refractivity contribution in [3.05, 3.63) is 28.1 Å². The van der Waals surface area contributed by atoms with Gasteiger partial charge in [-0.25, -0.2) is 17.1 Å². The first kappa shape index (κ1) is 17.1. The largest absolute Gasteiger partial charge is 0.490 e. The van der Waals surface area contributed by atoms with Gasteiger partial charge in [-0.15, -0.1) is 0 Å². The third kappa shape index (κ3) is 4.26. The van der Waals surface area contributed by atoms with Crippen molar-refractivity contribution in [2.75, 3.05) is 38.8 Å². The molecule has 0 spiro atoms. The number of methoxy groups -OCH3 is 1. The topological polar surface area (TPSA) is 102 Å². The van der Waals surface area contributed by atoms with E-state index in [2.05, 4.69) is 5.32 Å². The predicted molar refractivity (Wildman–Crippen MR) is 75.6 cm³/mol. The van der Waals surface area contributed by atoms with Crippen molar-refractivity contribution in [3.8, 4) is 5.75 Å². The van der Waals surface area contributed by atoms with E-state index in [-0.39, 0.29) is 23.7 Å². The number of rotatable bonds is 7. The first-order chi connectivity index (χ1) is 9.69. The monoisotopic (exact) mass is 321 g/mol. The van der Waals surface area contributed by atoms with Crippen LogP contribution in [0.1, 0.15) is 0 Å². The molecular weight excluding hydrogens is 305 g/mol. The summed E-state index contributed by atoms with van der Waals surface area (Å²) < 4.78 is 42.7. The SMILES string of the molecule is COc1cc(NCCS(=O)(=O)N(C)C)c(F)cc1[N+](=O)[O-]. The van der Waals surface area contributed by atoms with Crippen molar-refractivity contribution in [1.29, 1.82) is 0 Å². The Bertz CT molecular complexity index is 633. The standard InChI is InChI=1S/C11H16FN3O5S/c1-14(2)21(18,19)5-4-13-9-7-11(20-3)10(15(16)17)6-8(9)12/h6-7,13H,4-5H2,1-3H3. The minimum absolute atomic E-state index is 0.0433. The first-order valence-electron chi connectivity index (χ1n) is 5.85. The number of nitrogens with zero attached hydrogens (tertiary/aromatic N) is 2. The van der Waals surface area contributed by atoms with E-state index in [0.29, 0.717) is 0 Å². The molecule has 1 rings (SSSR count). The minimum Gasteiger partial charge on any atom is -0.490 e. The molecule has 0 aliphatic rings. The molecule has 0 aliphatic heterocycles. The third-order valence-corrected chi connectivity index (χ3v) is 4.53. The molecule has 0 aliphatic carbocycles. The zero-order chi connectivity index (χ0) is 16.2. The zero-order valence-corrected chi connectivity index (χ0v) is 12.6. The van der Waals surface area contributed by atoms with Crippen LogP contribution in [-0.2, 0) is 10.0 Å². The summed E-state index contributed by atoms with van der Waals surface area (Å²) in [6.07, 6.45) is 0. The fraction of sp³-hybridized carbons (Fsp3) is 0.455. The van der Waals surface area contributed by atoms with Gasteiger partial charge in [0.1, 0.15) is 0 Å². The predicted octanol–water partition coefficient (Wildman–Crippen LogP) is 1.05. The number of ether oxygens (including phenoxy) is 1. The highest BCUT2D eigenvalue weighted by molar-refractivity contribution is 7.89. The van der Waals surface area contributed by atoms with Gasteiger partial charge in [-0.1, -0.05) is 0 Å². The Hall–Kier alpha value is -1.94. The molecule has 0 aromatic heterocycles. The van der Waals surface area contributed by atoms with Gasteiger partial charge >= 0.3 is 5.69 Å². The molecule has 0 atom stereocenters. The Morgan fingerprint density at radius 3 is 2.52 bits per heavy atom. The van der Waals surface area contributed by atoms with Gasteiger partial charge in [0.15, 0.2) is 11.6 Å². The fourth-order valence-corrected chi connectivity index (χ4v) is 2.21. The number of nitro benzene ring substituents is 1. The average molecular weight is 321 g/mol. The lowest BCUT2D eigenvalue weighted by Crippen LogP contribution is -2.28. The Morgan fingerprint density at radius 2 is 2.05 bits per heavy atom. The van der Waals surface area contributed by atoms with Crippen LogP contribution in [0.3, 0.4) is 0 Å². The number of hydrogen-bond donors (Lipinski definition) is 1. The van der Waals surface area contributed by atoms with Crippen LogP contribution in [-0.4, -0.2) is 51.1 Å². The Labute approximate surface area is 121 Å². The second kappa shape index (κ2) is 6.68. The highest BCUT2D eigenvalue weighted by Gasteiger charge is 2.20. The van der Waals surface area contributed by atoms with E-state index in [1.807, 2.05) is 0 Å². The highest BCUT2D eigenvalue weighted by Crippen LogP contribution is 2.32. The summed E-state index contributed by atoms with van der Waals surface area (Å²) in [4.78, 5) is 9.96. The molecule has 0 bridgehead atoms. The van der Waals surface area contributed by atoms with E-state index in [0.717, 1.165) is 16.4 Å². The van der Waals surface area contributed by atoms with E-state index in [9.17, 15) is 22.9 Å². The van der Waals surface area contributed by atoms with Gasteiger partial charge in [-0.05, 0) is 0 Å². The molecule has 0 amide bonds. The van der Waals surface area contributed by atoms with Crippen LogP contribution in [0.25, 0.3) is 0 Å². The third-order valence-electron chi connectivity index (χ3n) is 2.70. The summed E-state index contributed by atoms with van der Waals surface area (Å²) in [6.45, 7) is -0.0433. The zero-order valence-electron chi connectivity index (χ0n) is 11.8. The van der Waals surface area contributed by atoms with Crippen LogP contribution < -0.4 is 10.1 Å². The first-order valence-corrected chi connectivity index (χ1v) is 7.46. The summed E-state index contributed by atoms with van der Waals surface area (Å²) in [7, 11) is 0.601. The minimum atomic E-state index is -3.41. The smallest absolute Gasteiger partial charge is 0.313 e. The van der Waals surface area contributed by atoms with Gasteiger partial charge in [0.05, 0.1) is 29.5 Å². The molecule has 0 heterocycles. The summed E-state index contributed by atoms with van der Waals surface area (Å²) in [5.41, 5.74) is -0.562. The van der Waals surface area contributed by atoms with Gasteiger partial charge in [-0.3, -0.25) is 10.1 Å². The molecule has 0 unspecified atom stereocenters. The van der Waals surface area contributed by atoms with Gasteiger partial charge in [0.2, 0.25) is 10.0 Å². The molecular formula is C11H16FN3O5S. The number of sulfonamides is 1. The lowest BCUT2D eigenvalue weighted by molar-refractivity contribution is -0.385. The highest BCUT2D eigenvalue weighted by atomic mass is 32.2. The van der Waals surface area contributed by atoms with Gasteiger partial charge in [0.25, 0.3) is 0 Å². The number of anilines is 1. The van der Waals surface area contributed by atoms with E-state index in [1.165, 1.54) is 21.2 Å². The summed E-state index contributed by atoms with van der Waals surface area (Å²) in [5, 5.41) is 13.3. The van der Waals surface area contributed by atoms with Crippen LogP contribution in [0.5, 0.6) is 5.75 Å². The maximum absolute atomic E-state index is 13.7.